The van der Waals surface area contributed by atoms with Crippen LogP contribution in [0.4, 0.5) is 0 Å². The summed E-state index contributed by atoms with van der Waals surface area (Å²) in [6.07, 6.45) is 1.44. The lowest BCUT2D eigenvalue weighted by Gasteiger charge is -2.20. The third kappa shape index (κ3) is 3.57. The standard InChI is InChI=1S/C13H14BrN3O4/c1-13(2,3)21-9(18)6-17-8-4-7(14)5-15-10(8)11(19)16-12(17)20/h4-5H,6H2,1-3H3,(H,16,19,20). The number of ether oxygens (including phenoxy) is 1. The molecule has 0 aliphatic rings. The van der Waals surface area contributed by atoms with Crippen molar-refractivity contribution < 1.29 is 9.53 Å². The molecule has 0 fully saturated rings. The molecule has 8 heteroatoms. The molecule has 0 bridgehead atoms. The van der Waals surface area contributed by atoms with Gasteiger partial charge in [-0.3, -0.25) is 19.1 Å². The molecule has 0 saturated heterocycles. The quantitative estimate of drug-likeness (QED) is 0.816. The zero-order valence-corrected chi connectivity index (χ0v) is 13.4. The summed E-state index contributed by atoms with van der Waals surface area (Å²) in [4.78, 5) is 41.6. The number of H-pyrrole nitrogens is 1. The highest BCUT2D eigenvalue weighted by Gasteiger charge is 2.18. The SMILES string of the molecule is CC(C)(C)OC(=O)Cn1c(=O)[nH]c(=O)c2ncc(Br)cc21. The molecule has 1 N–H and O–H groups in total. The smallest absolute Gasteiger partial charge is 0.329 e. The molecule has 0 atom stereocenters. The highest BCUT2D eigenvalue weighted by Crippen LogP contribution is 2.14. The Bertz CT molecular complexity index is 817. The number of nitrogens with one attached hydrogen (secondary N) is 1. The minimum atomic E-state index is -0.682. The van der Waals surface area contributed by atoms with Gasteiger partial charge >= 0.3 is 11.7 Å². The number of hydrogen-bond acceptors (Lipinski definition) is 5. The van der Waals surface area contributed by atoms with Gasteiger partial charge in [0.25, 0.3) is 5.56 Å². The first kappa shape index (κ1) is 15.4. The van der Waals surface area contributed by atoms with Crippen LogP contribution >= 0.6 is 15.9 Å². The molecule has 0 amide bonds. The number of fused-ring (bicyclic) bond motifs is 1. The zero-order valence-electron chi connectivity index (χ0n) is 11.8. The van der Waals surface area contributed by atoms with Crippen molar-refractivity contribution in [1.82, 2.24) is 14.5 Å². The van der Waals surface area contributed by atoms with E-state index in [1.807, 2.05) is 0 Å². The van der Waals surface area contributed by atoms with Crippen LogP contribution < -0.4 is 11.2 Å². The third-order valence-electron chi connectivity index (χ3n) is 2.51. The van der Waals surface area contributed by atoms with Gasteiger partial charge in [0.2, 0.25) is 0 Å². The highest BCUT2D eigenvalue weighted by atomic mass is 79.9. The molecule has 112 valence electrons. The van der Waals surface area contributed by atoms with Gasteiger partial charge in [-0.05, 0) is 42.8 Å². The van der Waals surface area contributed by atoms with E-state index in [1.165, 1.54) is 6.20 Å². The molecule has 0 spiro atoms. The van der Waals surface area contributed by atoms with Crippen LogP contribution in [-0.4, -0.2) is 26.1 Å². The number of esters is 1. The molecule has 2 aromatic rings. The van der Waals surface area contributed by atoms with Crippen molar-refractivity contribution in [2.24, 2.45) is 0 Å². The lowest BCUT2D eigenvalue weighted by Crippen LogP contribution is -2.35. The van der Waals surface area contributed by atoms with Crippen molar-refractivity contribution in [1.29, 1.82) is 0 Å². The summed E-state index contributed by atoms with van der Waals surface area (Å²) in [6, 6.07) is 1.56. The molecule has 21 heavy (non-hydrogen) atoms. The van der Waals surface area contributed by atoms with Crippen molar-refractivity contribution >= 4 is 32.9 Å². The number of aromatic amines is 1. The van der Waals surface area contributed by atoms with Gasteiger partial charge in [0.15, 0.2) is 5.52 Å². The Morgan fingerprint density at radius 3 is 2.71 bits per heavy atom. The molecule has 0 aromatic carbocycles. The normalized spacial score (nSPS) is 11.6. The monoisotopic (exact) mass is 355 g/mol. The van der Waals surface area contributed by atoms with Crippen LogP contribution in [0.25, 0.3) is 11.0 Å². The minimum Gasteiger partial charge on any atom is -0.459 e. The molecular weight excluding hydrogens is 342 g/mol. The molecule has 0 aliphatic carbocycles. The number of nitrogens with zero attached hydrogens (tertiary/aromatic N) is 2. The Kier molecular flexibility index (Phi) is 3.99. The average molecular weight is 356 g/mol. The Balaban J connectivity index is 2.53. The molecule has 0 unspecified atom stereocenters. The Morgan fingerprint density at radius 1 is 1.43 bits per heavy atom. The average Bonchev–Trinajstić information content (AvgIpc) is 2.31. The molecule has 0 aliphatic heterocycles. The van der Waals surface area contributed by atoms with E-state index in [2.05, 4.69) is 25.9 Å². The molecule has 0 saturated carbocycles. The Labute approximate surface area is 128 Å². The maximum Gasteiger partial charge on any atom is 0.329 e. The second-order valence-corrected chi connectivity index (χ2v) is 6.37. The number of carbonyl (C=O) groups is 1. The zero-order chi connectivity index (χ0) is 15.8. The number of aromatic nitrogens is 3. The van der Waals surface area contributed by atoms with Crippen molar-refractivity contribution in [2.75, 3.05) is 0 Å². The summed E-state index contributed by atoms with van der Waals surface area (Å²) in [6.45, 7) is 4.89. The van der Waals surface area contributed by atoms with Gasteiger partial charge < -0.3 is 4.74 Å². The lowest BCUT2D eigenvalue weighted by atomic mass is 10.2. The van der Waals surface area contributed by atoms with Gasteiger partial charge in [-0.25, -0.2) is 9.78 Å². The van der Waals surface area contributed by atoms with Gasteiger partial charge in [0.1, 0.15) is 12.1 Å². The van der Waals surface area contributed by atoms with Crippen LogP contribution in [0.2, 0.25) is 0 Å². The summed E-state index contributed by atoms with van der Waals surface area (Å²) in [5.74, 6) is -0.571. The highest BCUT2D eigenvalue weighted by molar-refractivity contribution is 9.10. The molecule has 2 heterocycles. The number of carbonyl (C=O) groups excluding carboxylic acids is 1. The first-order valence-corrected chi connectivity index (χ1v) is 6.97. The van der Waals surface area contributed by atoms with Gasteiger partial charge in [0, 0.05) is 10.7 Å². The minimum absolute atomic E-state index is 0.0846. The summed E-state index contributed by atoms with van der Waals surface area (Å²) in [5.41, 5.74) is -1.58. The van der Waals surface area contributed by atoms with Crippen molar-refractivity contribution in [3.63, 3.8) is 0 Å². The first-order chi connectivity index (χ1) is 9.67. The summed E-state index contributed by atoms with van der Waals surface area (Å²) >= 11 is 3.22. The number of pyridine rings is 1. The first-order valence-electron chi connectivity index (χ1n) is 6.17. The fraction of sp³-hybridized carbons (Fsp3) is 0.385. The van der Waals surface area contributed by atoms with Crippen LogP contribution in [0, 0.1) is 0 Å². The van der Waals surface area contributed by atoms with Crippen LogP contribution in [-0.2, 0) is 16.1 Å². The van der Waals surface area contributed by atoms with Crippen molar-refractivity contribution in [3.05, 3.63) is 37.6 Å². The third-order valence-corrected chi connectivity index (χ3v) is 2.95. The predicted molar refractivity (Wildman–Crippen MR) is 80.2 cm³/mol. The summed E-state index contributed by atoms with van der Waals surface area (Å²) < 4.78 is 6.91. The van der Waals surface area contributed by atoms with Gasteiger partial charge in [-0.15, -0.1) is 0 Å². The van der Waals surface area contributed by atoms with Crippen molar-refractivity contribution in [3.8, 4) is 0 Å². The fourth-order valence-electron chi connectivity index (χ4n) is 1.80. The van der Waals surface area contributed by atoms with E-state index in [4.69, 9.17) is 4.74 Å². The van der Waals surface area contributed by atoms with E-state index in [0.717, 1.165) is 4.57 Å². The maximum absolute atomic E-state index is 11.9. The number of halogens is 1. The van der Waals surface area contributed by atoms with Crippen LogP contribution in [0.1, 0.15) is 20.8 Å². The Hall–Kier alpha value is -1.96. The van der Waals surface area contributed by atoms with E-state index < -0.39 is 22.8 Å². The van der Waals surface area contributed by atoms with Gasteiger partial charge in [-0.1, -0.05) is 0 Å². The van der Waals surface area contributed by atoms with Crippen LogP contribution in [0.3, 0.4) is 0 Å². The second-order valence-electron chi connectivity index (χ2n) is 5.45. The summed E-state index contributed by atoms with van der Waals surface area (Å²) in [5, 5.41) is 0. The van der Waals surface area contributed by atoms with E-state index in [0.29, 0.717) is 4.47 Å². The predicted octanol–water partition coefficient (Wildman–Crippen LogP) is 1.19. The number of hydrogen-bond donors (Lipinski definition) is 1. The van der Waals surface area contributed by atoms with Crippen LogP contribution in [0.15, 0.2) is 26.3 Å². The van der Waals surface area contributed by atoms with Gasteiger partial charge in [-0.2, -0.15) is 0 Å². The second kappa shape index (κ2) is 5.44. The molecular formula is C13H14BrN3O4. The molecule has 2 aromatic heterocycles. The fourth-order valence-corrected chi connectivity index (χ4v) is 2.12. The Morgan fingerprint density at radius 2 is 2.10 bits per heavy atom. The van der Waals surface area contributed by atoms with E-state index in [9.17, 15) is 14.4 Å². The van der Waals surface area contributed by atoms with E-state index in [-0.39, 0.29) is 17.6 Å². The largest absolute Gasteiger partial charge is 0.459 e. The topological polar surface area (TPSA) is 94.0 Å². The maximum atomic E-state index is 11.9. The lowest BCUT2D eigenvalue weighted by molar-refractivity contribution is -0.155. The van der Waals surface area contributed by atoms with Gasteiger partial charge in [0.05, 0.1) is 5.52 Å². The molecule has 0 radical (unpaired) electrons. The summed E-state index contributed by atoms with van der Waals surface area (Å²) in [7, 11) is 0. The molecule has 2 rings (SSSR count). The van der Waals surface area contributed by atoms with E-state index in [1.54, 1.807) is 26.8 Å². The number of rotatable bonds is 2. The van der Waals surface area contributed by atoms with Crippen LogP contribution in [0.5, 0.6) is 0 Å². The molecule has 7 nitrogen and oxygen atoms in total. The van der Waals surface area contributed by atoms with E-state index >= 15 is 0 Å². The van der Waals surface area contributed by atoms with Crippen molar-refractivity contribution in [2.45, 2.75) is 32.9 Å².